The summed E-state index contributed by atoms with van der Waals surface area (Å²) in [4.78, 5) is 0.142. The van der Waals surface area contributed by atoms with E-state index < -0.39 is 20.0 Å². The molecule has 2 rings (SSSR count). The fourth-order valence-corrected chi connectivity index (χ4v) is 4.58. The summed E-state index contributed by atoms with van der Waals surface area (Å²) in [7, 11) is -5.86. The van der Waals surface area contributed by atoms with Crippen LogP contribution < -0.4 is 10.0 Å². The molecule has 0 aromatic heterocycles. The van der Waals surface area contributed by atoms with Gasteiger partial charge in [0.1, 0.15) is 0 Å². The van der Waals surface area contributed by atoms with Crippen molar-refractivity contribution in [3.05, 3.63) is 24.3 Å². The number of benzene rings is 1. The molecule has 118 valence electrons. The molecule has 0 saturated carbocycles. The maximum absolute atomic E-state index is 12.6. The minimum absolute atomic E-state index is 0.0392. The van der Waals surface area contributed by atoms with Gasteiger partial charge in [0.05, 0.1) is 9.79 Å². The Labute approximate surface area is 125 Å². The lowest BCUT2D eigenvalue weighted by molar-refractivity contribution is 0.284. The number of hydrogen-bond donors (Lipinski definition) is 2. The van der Waals surface area contributed by atoms with Gasteiger partial charge in [-0.3, -0.25) is 0 Å². The molecular weight excluding hydrogens is 314 g/mol. The number of nitrogens with zero attached hydrogens (tertiary/aromatic N) is 1. The largest absolute Gasteiger partial charge is 0.314 e. The maximum Gasteiger partial charge on any atom is 0.243 e. The van der Waals surface area contributed by atoms with Crippen molar-refractivity contribution in [3.63, 3.8) is 0 Å². The molecular formula is C12H19N3O4S2. The average Bonchev–Trinajstić information content (AvgIpc) is 2.47. The van der Waals surface area contributed by atoms with Gasteiger partial charge in [0.15, 0.2) is 0 Å². The molecule has 7 nitrogen and oxygen atoms in total. The quantitative estimate of drug-likeness (QED) is 0.780. The molecule has 1 heterocycles. The van der Waals surface area contributed by atoms with Crippen molar-refractivity contribution in [2.75, 3.05) is 26.7 Å². The van der Waals surface area contributed by atoms with Gasteiger partial charge in [-0.05, 0) is 38.2 Å². The smallest absolute Gasteiger partial charge is 0.243 e. The number of piperazine rings is 1. The van der Waals surface area contributed by atoms with Gasteiger partial charge in [0.2, 0.25) is 20.0 Å². The van der Waals surface area contributed by atoms with Crippen LogP contribution in [0, 0.1) is 0 Å². The Kier molecular flexibility index (Phi) is 4.69. The van der Waals surface area contributed by atoms with Crippen LogP contribution in [0.15, 0.2) is 34.1 Å². The van der Waals surface area contributed by atoms with E-state index in [-0.39, 0.29) is 15.8 Å². The molecule has 1 aliphatic rings. The highest BCUT2D eigenvalue weighted by Gasteiger charge is 2.31. The van der Waals surface area contributed by atoms with E-state index in [1.165, 1.54) is 35.6 Å². The second-order valence-corrected chi connectivity index (χ2v) is 8.62. The van der Waals surface area contributed by atoms with E-state index >= 15 is 0 Å². The molecule has 1 aliphatic heterocycles. The fraction of sp³-hybridized carbons (Fsp3) is 0.500. The predicted molar refractivity (Wildman–Crippen MR) is 78.9 cm³/mol. The number of rotatable bonds is 4. The summed E-state index contributed by atoms with van der Waals surface area (Å²) in [6, 6.07) is 5.12. The monoisotopic (exact) mass is 333 g/mol. The van der Waals surface area contributed by atoms with Crippen molar-refractivity contribution < 1.29 is 16.8 Å². The van der Waals surface area contributed by atoms with E-state index in [9.17, 15) is 16.8 Å². The number of nitrogens with one attached hydrogen (secondary N) is 2. The predicted octanol–water partition coefficient (Wildman–Crippen LogP) is -0.423. The van der Waals surface area contributed by atoms with Gasteiger partial charge in [-0.2, -0.15) is 4.31 Å². The second-order valence-electron chi connectivity index (χ2n) is 4.85. The zero-order valence-electron chi connectivity index (χ0n) is 11.9. The van der Waals surface area contributed by atoms with E-state index in [1.807, 2.05) is 6.92 Å². The highest BCUT2D eigenvalue weighted by molar-refractivity contribution is 7.89. The zero-order valence-corrected chi connectivity index (χ0v) is 13.5. The van der Waals surface area contributed by atoms with Crippen LogP contribution >= 0.6 is 0 Å². The third-order valence-electron chi connectivity index (χ3n) is 3.45. The molecule has 2 N–H and O–H groups in total. The van der Waals surface area contributed by atoms with Gasteiger partial charge >= 0.3 is 0 Å². The summed E-state index contributed by atoms with van der Waals surface area (Å²) < 4.78 is 52.0. The number of sulfonamides is 2. The van der Waals surface area contributed by atoms with Crippen molar-refractivity contribution in [2.45, 2.75) is 22.8 Å². The summed E-state index contributed by atoms with van der Waals surface area (Å²) >= 11 is 0. The molecule has 0 radical (unpaired) electrons. The Morgan fingerprint density at radius 3 is 2.24 bits per heavy atom. The molecule has 0 unspecified atom stereocenters. The Balaban J connectivity index is 2.33. The fourth-order valence-electron chi connectivity index (χ4n) is 2.22. The van der Waals surface area contributed by atoms with E-state index in [0.29, 0.717) is 19.6 Å². The van der Waals surface area contributed by atoms with Crippen LogP contribution in [0.1, 0.15) is 6.92 Å². The Bertz CT molecular complexity index is 699. The van der Waals surface area contributed by atoms with Gasteiger partial charge in [0, 0.05) is 25.7 Å². The van der Waals surface area contributed by atoms with Crippen molar-refractivity contribution in [1.82, 2.24) is 14.3 Å². The SMILES string of the molecule is CNS(=O)(=O)c1ccc(S(=O)(=O)N2CCNC[C@H]2C)cc1. The van der Waals surface area contributed by atoms with Gasteiger partial charge in [-0.15, -0.1) is 0 Å². The first-order valence-electron chi connectivity index (χ1n) is 6.55. The Morgan fingerprint density at radius 1 is 1.14 bits per heavy atom. The van der Waals surface area contributed by atoms with Crippen molar-refractivity contribution >= 4 is 20.0 Å². The topological polar surface area (TPSA) is 95.6 Å². The standard InChI is InChI=1S/C12H19N3O4S2/c1-10-9-14-7-8-15(10)21(18,19)12-5-3-11(4-6-12)20(16,17)13-2/h3-6,10,13-14H,7-9H2,1-2H3/t10-/m1/s1. The molecule has 21 heavy (non-hydrogen) atoms. The minimum atomic E-state index is -3.60. The maximum atomic E-state index is 12.6. The first kappa shape index (κ1) is 16.4. The molecule has 1 saturated heterocycles. The Morgan fingerprint density at radius 2 is 1.71 bits per heavy atom. The third-order valence-corrected chi connectivity index (χ3v) is 6.91. The highest BCUT2D eigenvalue weighted by Crippen LogP contribution is 2.21. The van der Waals surface area contributed by atoms with Crippen molar-refractivity contribution in [3.8, 4) is 0 Å². The van der Waals surface area contributed by atoms with Crippen LogP contribution in [-0.4, -0.2) is 53.9 Å². The minimum Gasteiger partial charge on any atom is -0.314 e. The molecule has 0 amide bonds. The lowest BCUT2D eigenvalue weighted by Gasteiger charge is -2.32. The summed E-state index contributed by atoms with van der Waals surface area (Å²) in [6.07, 6.45) is 0. The van der Waals surface area contributed by atoms with E-state index in [2.05, 4.69) is 10.0 Å². The lowest BCUT2D eigenvalue weighted by atomic mass is 10.3. The number of hydrogen-bond acceptors (Lipinski definition) is 5. The molecule has 9 heteroatoms. The first-order valence-corrected chi connectivity index (χ1v) is 9.47. The summed E-state index contributed by atoms with van der Waals surface area (Å²) in [5, 5.41) is 3.13. The summed E-state index contributed by atoms with van der Waals surface area (Å²) in [6.45, 7) is 3.45. The van der Waals surface area contributed by atoms with Gasteiger partial charge in [-0.25, -0.2) is 21.6 Å². The van der Waals surface area contributed by atoms with E-state index in [1.54, 1.807) is 0 Å². The molecule has 0 bridgehead atoms. The van der Waals surface area contributed by atoms with Crippen LogP contribution in [-0.2, 0) is 20.0 Å². The van der Waals surface area contributed by atoms with E-state index in [4.69, 9.17) is 0 Å². The van der Waals surface area contributed by atoms with Gasteiger partial charge in [0.25, 0.3) is 0 Å². The van der Waals surface area contributed by atoms with Gasteiger partial charge in [-0.1, -0.05) is 0 Å². The molecule has 0 spiro atoms. The molecule has 1 atom stereocenters. The summed E-state index contributed by atoms with van der Waals surface area (Å²) in [5.41, 5.74) is 0. The van der Waals surface area contributed by atoms with Crippen LogP contribution in [0.4, 0.5) is 0 Å². The van der Waals surface area contributed by atoms with Crippen LogP contribution in [0.2, 0.25) is 0 Å². The van der Waals surface area contributed by atoms with Crippen molar-refractivity contribution in [2.24, 2.45) is 0 Å². The molecule has 1 fully saturated rings. The van der Waals surface area contributed by atoms with Crippen LogP contribution in [0.3, 0.4) is 0 Å². The molecule has 0 aliphatic carbocycles. The third kappa shape index (κ3) is 3.27. The first-order chi connectivity index (χ1) is 9.79. The summed E-state index contributed by atoms with van der Waals surface area (Å²) in [5.74, 6) is 0. The zero-order chi connectivity index (χ0) is 15.7. The highest BCUT2D eigenvalue weighted by atomic mass is 32.2. The molecule has 1 aromatic carbocycles. The van der Waals surface area contributed by atoms with E-state index in [0.717, 1.165) is 0 Å². The Hall–Kier alpha value is -1.00. The van der Waals surface area contributed by atoms with Crippen LogP contribution in [0.25, 0.3) is 0 Å². The van der Waals surface area contributed by atoms with Crippen LogP contribution in [0.5, 0.6) is 0 Å². The second kappa shape index (κ2) is 6.01. The lowest BCUT2D eigenvalue weighted by Crippen LogP contribution is -2.52. The average molecular weight is 333 g/mol. The van der Waals surface area contributed by atoms with Gasteiger partial charge < -0.3 is 5.32 Å². The molecule has 1 aromatic rings. The van der Waals surface area contributed by atoms with Crippen molar-refractivity contribution in [1.29, 1.82) is 0 Å². The normalized spacial score (nSPS) is 21.3.